The molecule has 6 nitrogen and oxygen atoms in total. The van der Waals surface area contributed by atoms with Crippen LogP contribution < -0.4 is 10.5 Å². The van der Waals surface area contributed by atoms with Gasteiger partial charge in [-0.2, -0.15) is 18.4 Å². The molecule has 32 heavy (non-hydrogen) atoms. The summed E-state index contributed by atoms with van der Waals surface area (Å²) in [5, 5.41) is 8.84. The highest BCUT2D eigenvalue weighted by Crippen LogP contribution is 2.39. The average molecular weight is 458 g/mol. The van der Waals surface area contributed by atoms with Gasteiger partial charge in [-0.3, -0.25) is 9.71 Å². The number of nitriles is 1. The van der Waals surface area contributed by atoms with Crippen LogP contribution in [0.2, 0.25) is 0 Å². The van der Waals surface area contributed by atoms with E-state index in [2.05, 4.69) is 9.71 Å². The van der Waals surface area contributed by atoms with Crippen LogP contribution in [0.25, 0.3) is 11.3 Å². The van der Waals surface area contributed by atoms with Crippen molar-refractivity contribution in [1.82, 2.24) is 4.98 Å². The first-order chi connectivity index (χ1) is 15.1. The van der Waals surface area contributed by atoms with E-state index >= 15 is 0 Å². The summed E-state index contributed by atoms with van der Waals surface area (Å²) in [5.74, 6) is 0.202. The number of alkyl halides is 3. The zero-order valence-corrected chi connectivity index (χ0v) is 17.3. The summed E-state index contributed by atoms with van der Waals surface area (Å²) < 4.78 is 68.0. The summed E-state index contributed by atoms with van der Waals surface area (Å²) in [4.78, 5) is 4.07. The molecule has 0 saturated heterocycles. The fourth-order valence-electron chi connectivity index (χ4n) is 3.31. The van der Waals surface area contributed by atoms with Crippen molar-refractivity contribution in [3.8, 4) is 17.3 Å². The Morgan fingerprint density at radius 3 is 2.31 bits per heavy atom. The molecule has 1 fully saturated rings. The lowest BCUT2D eigenvalue weighted by Gasteiger charge is -2.14. The molecule has 0 spiro atoms. The van der Waals surface area contributed by atoms with Crippen LogP contribution in [0.15, 0.2) is 65.7 Å². The normalized spacial score (nSPS) is 18.1. The van der Waals surface area contributed by atoms with Crippen molar-refractivity contribution in [2.45, 2.75) is 29.5 Å². The third-order valence-corrected chi connectivity index (χ3v) is 6.55. The molecular formula is C22H17F3N4O2S. The van der Waals surface area contributed by atoms with E-state index in [1.54, 1.807) is 18.3 Å². The smallest absolute Gasteiger partial charge is 0.327 e. The molecule has 1 heterocycles. The molecule has 2 aromatic carbocycles. The van der Waals surface area contributed by atoms with Crippen molar-refractivity contribution in [1.29, 1.82) is 5.26 Å². The molecule has 0 unspecified atom stereocenters. The van der Waals surface area contributed by atoms with Gasteiger partial charge >= 0.3 is 6.18 Å². The molecule has 1 aromatic heterocycles. The van der Waals surface area contributed by atoms with E-state index in [-0.39, 0.29) is 39.4 Å². The molecule has 1 aliphatic rings. The predicted octanol–water partition coefficient (Wildman–Crippen LogP) is 4.25. The monoisotopic (exact) mass is 458 g/mol. The molecule has 0 amide bonds. The molecule has 0 radical (unpaired) electrons. The van der Waals surface area contributed by atoms with Crippen LogP contribution in [0.5, 0.6) is 0 Å². The van der Waals surface area contributed by atoms with E-state index in [9.17, 15) is 21.6 Å². The minimum absolute atomic E-state index is 0.0689. The minimum Gasteiger partial charge on any atom is -0.327 e. The Hall–Kier alpha value is -3.42. The number of hydrogen-bond acceptors (Lipinski definition) is 5. The van der Waals surface area contributed by atoms with Gasteiger partial charge in [0.05, 0.1) is 33.5 Å². The summed E-state index contributed by atoms with van der Waals surface area (Å²) in [5.41, 5.74) is 6.11. The molecule has 0 bridgehead atoms. The maximum atomic E-state index is 13.5. The molecule has 0 aliphatic heterocycles. The van der Waals surface area contributed by atoms with Crippen molar-refractivity contribution >= 4 is 15.7 Å². The van der Waals surface area contributed by atoms with E-state index in [1.165, 1.54) is 30.3 Å². The van der Waals surface area contributed by atoms with Gasteiger partial charge in [0.2, 0.25) is 0 Å². The minimum atomic E-state index is -4.69. The number of sulfonamides is 1. The van der Waals surface area contributed by atoms with Gasteiger partial charge in [-0.15, -0.1) is 0 Å². The van der Waals surface area contributed by atoms with Crippen LogP contribution in [0.1, 0.15) is 29.0 Å². The number of pyridine rings is 1. The standard InChI is InChI=1S/C22H17F3N4O2S/c23-22(24,25)16-7-15(21-6-3-14(12-28-21)19-10-20(19)27)8-17(9-16)29-32(30,31)18-4-1-13(11-26)2-5-18/h1-9,12,19-20,29H,10,27H2/t19-,20+/m1/s1. The number of anilines is 1. The van der Waals surface area contributed by atoms with Crippen molar-refractivity contribution < 1.29 is 21.6 Å². The number of nitrogens with zero attached hydrogens (tertiary/aromatic N) is 2. The molecule has 4 rings (SSSR count). The molecule has 3 aromatic rings. The van der Waals surface area contributed by atoms with Crippen molar-refractivity contribution in [3.05, 3.63) is 77.5 Å². The van der Waals surface area contributed by atoms with Gasteiger partial charge in [-0.1, -0.05) is 6.07 Å². The summed E-state index contributed by atoms with van der Waals surface area (Å²) in [6.45, 7) is 0. The Balaban J connectivity index is 1.69. The van der Waals surface area contributed by atoms with Crippen LogP contribution >= 0.6 is 0 Å². The highest BCUT2D eigenvalue weighted by Gasteiger charge is 2.35. The molecule has 1 saturated carbocycles. The van der Waals surface area contributed by atoms with E-state index in [0.29, 0.717) is 0 Å². The number of halogens is 3. The van der Waals surface area contributed by atoms with E-state index in [1.807, 2.05) is 6.07 Å². The highest BCUT2D eigenvalue weighted by atomic mass is 32.2. The van der Waals surface area contributed by atoms with Gasteiger partial charge in [0.15, 0.2) is 0 Å². The first kappa shape index (κ1) is 21.8. The highest BCUT2D eigenvalue weighted by molar-refractivity contribution is 7.92. The van der Waals surface area contributed by atoms with Gasteiger partial charge < -0.3 is 5.73 Å². The Labute approximate surface area is 182 Å². The SMILES string of the molecule is N#Cc1ccc(S(=O)(=O)Nc2cc(-c3ccc([C@H]4C[C@@H]4N)cn3)cc(C(F)(F)F)c2)cc1. The number of nitrogens with one attached hydrogen (secondary N) is 1. The Morgan fingerprint density at radius 2 is 1.78 bits per heavy atom. The fourth-order valence-corrected chi connectivity index (χ4v) is 4.35. The van der Waals surface area contributed by atoms with Crippen molar-refractivity contribution in [2.24, 2.45) is 5.73 Å². The third kappa shape index (κ3) is 4.59. The van der Waals surface area contributed by atoms with Crippen LogP contribution in [0, 0.1) is 11.3 Å². The van der Waals surface area contributed by atoms with Crippen LogP contribution in [-0.4, -0.2) is 19.4 Å². The van der Waals surface area contributed by atoms with Crippen LogP contribution in [-0.2, 0) is 16.2 Å². The van der Waals surface area contributed by atoms with E-state index in [0.717, 1.165) is 24.1 Å². The van der Waals surface area contributed by atoms with Gasteiger partial charge in [0.1, 0.15) is 0 Å². The first-order valence-electron chi connectivity index (χ1n) is 9.54. The third-order valence-electron chi connectivity index (χ3n) is 5.16. The lowest BCUT2D eigenvalue weighted by molar-refractivity contribution is -0.137. The molecule has 10 heteroatoms. The van der Waals surface area contributed by atoms with Gasteiger partial charge in [0, 0.05) is 23.7 Å². The summed E-state index contributed by atoms with van der Waals surface area (Å²) in [6.07, 6.45) is -2.27. The summed E-state index contributed by atoms with van der Waals surface area (Å²) >= 11 is 0. The predicted molar refractivity (Wildman–Crippen MR) is 112 cm³/mol. The van der Waals surface area contributed by atoms with Crippen LogP contribution in [0.4, 0.5) is 18.9 Å². The molecule has 1 aliphatic carbocycles. The first-order valence-corrected chi connectivity index (χ1v) is 11.0. The van der Waals surface area contributed by atoms with Crippen LogP contribution in [0.3, 0.4) is 0 Å². The molecular weight excluding hydrogens is 441 g/mol. The van der Waals surface area contributed by atoms with Gasteiger partial charge in [0.25, 0.3) is 10.0 Å². The summed E-state index contributed by atoms with van der Waals surface area (Å²) in [7, 11) is -4.18. The fraction of sp³-hybridized carbons (Fsp3) is 0.182. The Morgan fingerprint density at radius 1 is 1.09 bits per heavy atom. The molecule has 164 valence electrons. The van der Waals surface area contributed by atoms with E-state index < -0.39 is 21.8 Å². The Kier molecular flexibility index (Phi) is 5.40. The van der Waals surface area contributed by atoms with Gasteiger partial charge in [-0.05, 0) is 60.5 Å². The zero-order chi connectivity index (χ0) is 23.1. The van der Waals surface area contributed by atoms with Gasteiger partial charge in [-0.25, -0.2) is 8.42 Å². The lowest BCUT2D eigenvalue weighted by atomic mass is 10.0. The number of benzene rings is 2. The number of aromatic nitrogens is 1. The number of nitrogens with two attached hydrogens (primary N) is 1. The second-order valence-corrected chi connectivity index (χ2v) is 9.20. The van der Waals surface area contributed by atoms with E-state index in [4.69, 9.17) is 11.0 Å². The number of hydrogen-bond donors (Lipinski definition) is 2. The number of rotatable bonds is 5. The Bertz CT molecular complexity index is 1300. The molecule has 2 atom stereocenters. The average Bonchev–Trinajstić information content (AvgIpc) is 3.49. The maximum Gasteiger partial charge on any atom is 0.416 e. The summed E-state index contributed by atoms with van der Waals surface area (Å²) in [6, 6.07) is 13.3. The zero-order valence-electron chi connectivity index (χ0n) is 16.5. The topological polar surface area (TPSA) is 109 Å². The molecule has 3 N–H and O–H groups in total. The second-order valence-electron chi connectivity index (χ2n) is 7.52. The lowest BCUT2D eigenvalue weighted by Crippen LogP contribution is -2.14. The quantitative estimate of drug-likeness (QED) is 0.594. The van der Waals surface area contributed by atoms with Crippen molar-refractivity contribution in [2.75, 3.05) is 4.72 Å². The second kappa shape index (κ2) is 7.93. The maximum absolute atomic E-state index is 13.5. The largest absolute Gasteiger partial charge is 0.416 e. The van der Waals surface area contributed by atoms with Crippen molar-refractivity contribution in [3.63, 3.8) is 0 Å².